The highest BCUT2D eigenvalue weighted by molar-refractivity contribution is 7.99. The van der Waals surface area contributed by atoms with Crippen LogP contribution in [0.25, 0.3) is 0 Å². The van der Waals surface area contributed by atoms with Crippen LogP contribution >= 0.6 is 11.8 Å². The van der Waals surface area contributed by atoms with E-state index in [1.54, 1.807) is 29.8 Å². The summed E-state index contributed by atoms with van der Waals surface area (Å²) in [6.07, 6.45) is 5.84. The summed E-state index contributed by atoms with van der Waals surface area (Å²) < 4.78 is 11.3. The second-order valence-corrected chi connectivity index (χ2v) is 11.6. The first-order chi connectivity index (χ1) is 19.4. The number of nitriles is 1. The lowest BCUT2D eigenvalue weighted by atomic mass is 9.96. The molecule has 0 saturated carbocycles. The molecule has 3 amide bonds. The topological polar surface area (TPSA) is 124 Å². The molecule has 0 bridgehead atoms. The number of nitrogens with zero attached hydrogens (tertiary/aromatic N) is 6. The molecule has 1 N–H and O–H groups in total. The Morgan fingerprint density at radius 2 is 2.12 bits per heavy atom. The van der Waals surface area contributed by atoms with Gasteiger partial charge < -0.3 is 14.4 Å². The number of aryl methyl sites for hydroxylation is 1. The van der Waals surface area contributed by atoms with Gasteiger partial charge in [-0.05, 0) is 55.8 Å². The van der Waals surface area contributed by atoms with E-state index in [2.05, 4.69) is 22.6 Å². The number of amides is 3. The monoisotopic (exact) mass is 565 g/mol. The number of fused-ring (bicyclic) bond motifs is 1. The van der Waals surface area contributed by atoms with Gasteiger partial charge in [-0.15, -0.1) is 0 Å². The number of anilines is 2. The number of ether oxygens (including phenoxy) is 2. The Hall–Kier alpha value is -3.40. The van der Waals surface area contributed by atoms with Crippen molar-refractivity contribution >= 4 is 35.3 Å². The lowest BCUT2D eigenvalue weighted by Crippen LogP contribution is -2.48. The van der Waals surface area contributed by atoms with Crippen molar-refractivity contribution in [1.82, 2.24) is 19.8 Å². The summed E-state index contributed by atoms with van der Waals surface area (Å²) in [4.78, 5) is 40.5. The van der Waals surface area contributed by atoms with Crippen molar-refractivity contribution in [2.24, 2.45) is 5.92 Å². The molecule has 5 heterocycles. The van der Waals surface area contributed by atoms with Crippen molar-refractivity contribution in [3.8, 4) is 11.9 Å². The number of nitrogens with one attached hydrogen (secondary N) is 1. The molecule has 0 radical (unpaired) electrons. The first-order valence-electron chi connectivity index (χ1n) is 13.5. The summed E-state index contributed by atoms with van der Waals surface area (Å²) in [5, 5.41) is 12.9. The largest absolute Gasteiger partial charge is 0.481 e. The van der Waals surface area contributed by atoms with Crippen molar-refractivity contribution in [3.05, 3.63) is 40.6 Å². The molecule has 0 spiro atoms. The van der Waals surface area contributed by atoms with Crippen LogP contribution in [0.2, 0.25) is 0 Å². The number of hydrogen-bond acceptors (Lipinski definition) is 9. The van der Waals surface area contributed by atoms with E-state index >= 15 is 0 Å². The fourth-order valence-electron chi connectivity index (χ4n) is 5.54. The van der Waals surface area contributed by atoms with Gasteiger partial charge in [0.05, 0.1) is 39.0 Å². The van der Waals surface area contributed by atoms with Gasteiger partial charge in [-0.3, -0.25) is 19.9 Å². The molecule has 212 valence electrons. The molecule has 3 aliphatic heterocycles. The number of carbonyl (C=O) groups is 2. The second-order valence-electron chi connectivity index (χ2n) is 10.5. The summed E-state index contributed by atoms with van der Waals surface area (Å²) in [5.41, 5.74) is 3.13. The van der Waals surface area contributed by atoms with E-state index in [-0.39, 0.29) is 11.9 Å². The minimum absolute atomic E-state index is 0.0771. The molecule has 3 aliphatic rings. The quantitative estimate of drug-likeness (QED) is 0.539. The summed E-state index contributed by atoms with van der Waals surface area (Å²) in [7, 11) is 3.49. The predicted octanol–water partition coefficient (Wildman–Crippen LogP) is 2.54. The standard InChI is InChI=1S/C28H35N7O4S/c1-33-7-8-34(25(36)15-33)14-20-9-18-5-4-6-35(26(18)32-27(20)38-2)28(37)31-24-11-19(22(12-29)13-30-24)10-21-16-39-17-23(21)40-3/h9,11,13,21,23H,4-8,10,14-17H2,1-3H3,(H,30,31,37). The fraction of sp³-hybridized carbons (Fsp3) is 0.536. The average molecular weight is 566 g/mol. The SMILES string of the molecule is COc1nc2c(cc1CN1CCN(C)CC1=O)CCCN2C(=O)Nc1cc(CC2COCC2SC)c(C#N)cn1. The predicted molar refractivity (Wildman–Crippen MR) is 153 cm³/mol. The Morgan fingerprint density at radius 3 is 2.88 bits per heavy atom. The van der Waals surface area contributed by atoms with Crippen LogP contribution in [-0.4, -0.2) is 96.8 Å². The Kier molecular flexibility index (Phi) is 8.73. The van der Waals surface area contributed by atoms with Gasteiger partial charge in [-0.25, -0.2) is 9.78 Å². The number of piperazine rings is 1. The maximum atomic E-state index is 13.5. The minimum Gasteiger partial charge on any atom is -0.481 e. The summed E-state index contributed by atoms with van der Waals surface area (Å²) in [6.45, 7) is 4.15. The third-order valence-corrected chi connectivity index (χ3v) is 8.91. The normalized spacial score (nSPS) is 21.2. The zero-order chi connectivity index (χ0) is 28.2. The Balaban J connectivity index is 1.34. The van der Waals surface area contributed by atoms with Crippen LogP contribution < -0.4 is 15.0 Å². The highest BCUT2D eigenvalue weighted by Gasteiger charge is 2.30. The van der Waals surface area contributed by atoms with Gasteiger partial charge in [-0.2, -0.15) is 22.0 Å². The maximum Gasteiger partial charge on any atom is 0.328 e. The third-order valence-electron chi connectivity index (χ3n) is 7.78. The molecule has 0 aromatic carbocycles. The number of methoxy groups -OCH3 is 1. The lowest BCUT2D eigenvalue weighted by Gasteiger charge is -2.33. The Morgan fingerprint density at radius 1 is 1.27 bits per heavy atom. The van der Waals surface area contributed by atoms with Gasteiger partial charge in [0.1, 0.15) is 17.7 Å². The van der Waals surface area contributed by atoms with E-state index in [0.29, 0.717) is 80.1 Å². The van der Waals surface area contributed by atoms with Crippen molar-refractivity contribution in [3.63, 3.8) is 0 Å². The van der Waals surface area contributed by atoms with E-state index in [1.165, 1.54) is 6.20 Å². The van der Waals surface area contributed by atoms with Crippen LogP contribution in [0.15, 0.2) is 18.3 Å². The smallest absolute Gasteiger partial charge is 0.328 e. The summed E-state index contributed by atoms with van der Waals surface area (Å²) >= 11 is 1.78. The maximum absolute atomic E-state index is 13.5. The van der Waals surface area contributed by atoms with Gasteiger partial charge in [0.25, 0.3) is 0 Å². The number of thioether (sulfide) groups is 1. The van der Waals surface area contributed by atoms with Gasteiger partial charge in [0.15, 0.2) is 0 Å². The zero-order valence-electron chi connectivity index (χ0n) is 23.2. The molecule has 2 fully saturated rings. The molecule has 40 heavy (non-hydrogen) atoms. The Bertz CT molecular complexity index is 1320. The minimum atomic E-state index is -0.341. The van der Waals surface area contributed by atoms with E-state index in [9.17, 15) is 14.9 Å². The molecular formula is C28H35N7O4S. The number of hydrogen-bond donors (Lipinski definition) is 1. The molecule has 5 rings (SSSR count). The van der Waals surface area contributed by atoms with Crippen LogP contribution in [-0.2, 0) is 28.9 Å². The van der Waals surface area contributed by atoms with E-state index in [1.807, 2.05) is 22.9 Å². The number of aromatic nitrogens is 2. The lowest BCUT2D eigenvalue weighted by molar-refractivity contribution is -0.136. The molecule has 2 aromatic heterocycles. The van der Waals surface area contributed by atoms with Crippen molar-refractivity contribution in [1.29, 1.82) is 5.26 Å². The van der Waals surface area contributed by atoms with Crippen LogP contribution in [0.1, 0.15) is 28.7 Å². The second kappa shape index (κ2) is 12.4. The number of rotatable bonds is 7. The number of carbonyl (C=O) groups excluding carboxylic acids is 2. The number of likely N-dealkylation sites (N-methyl/N-ethyl adjacent to an activating group) is 1. The highest BCUT2D eigenvalue weighted by Crippen LogP contribution is 2.32. The molecule has 2 atom stereocenters. The highest BCUT2D eigenvalue weighted by atomic mass is 32.2. The van der Waals surface area contributed by atoms with E-state index in [0.717, 1.165) is 36.1 Å². The van der Waals surface area contributed by atoms with Crippen molar-refractivity contribution in [2.75, 3.05) is 70.0 Å². The molecular weight excluding hydrogens is 530 g/mol. The molecule has 2 unspecified atom stereocenters. The van der Waals surface area contributed by atoms with E-state index < -0.39 is 0 Å². The van der Waals surface area contributed by atoms with Gasteiger partial charge in [-0.1, -0.05) is 0 Å². The van der Waals surface area contributed by atoms with Crippen LogP contribution in [0.3, 0.4) is 0 Å². The fourth-order valence-corrected chi connectivity index (χ4v) is 6.33. The van der Waals surface area contributed by atoms with Crippen LogP contribution in [0.4, 0.5) is 16.4 Å². The van der Waals surface area contributed by atoms with E-state index in [4.69, 9.17) is 14.5 Å². The molecule has 2 saturated heterocycles. The number of urea groups is 1. The van der Waals surface area contributed by atoms with Gasteiger partial charge in [0.2, 0.25) is 11.8 Å². The summed E-state index contributed by atoms with van der Waals surface area (Å²) in [6, 6.07) is 5.69. The zero-order valence-corrected chi connectivity index (χ0v) is 24.0. The van der Waals surface area contributed by atoms with Gasteiger partial charge >= 0.3 is 6.03 Å². The average Bonchev–Trinajstić information content (AvgIpc) is 3.41. The molecule has 0 aliphatic carbocycles. The first-order valence-corrected chi connectivity index (χ1v) is 14.8. The van der Waals surface area contributed by atoms with Crippen molar-refractivity contribution in [2.45, 2.75) is 31.1 Å². The Labute approximate surface area is 238 Å². The van der Waals surface area contributed by atoms with Crippen LogP contribution in [0, 0.1) is 17.2 Å². The van der Waals surface area contributed by atoms with Crippen molar-refractivity contribution < 1.29 is 19.1 Å². The molecule has 11 nitrogen and oxygen atoms in total. The van der Waals surface area contributed by atoms with Crippen LogP contribution in [0.5, 0.6) is 5.88 Å². The van der Waals surface area contributed by atoms with Gasteiger partial charge in [0, 0.05) is 42.6 Å². The molecule has 12 heteroatoms. The summed E-state index contributed by atoms with van der Waals surface area (Å²) in [5.74, 6) is 1.73. The number of pyridine rings is 2. The molecule has 2 aromatic rings. The third kappa shape index (κ3) is 6.01. The first kappa shape index (κ1) is 28.1.